The van der Waals surface area contributed by atoms with Crippen molar-refractivity contribution in [1.82, 2.24) is 19.6 Å². The second kappa shape index (κ2) is 8.69. The maximum absolute atomic E-state index is 13.0. The summed E-state index contributed by atoms with van der Waals surface area (Å²) < 4.78 is 19.9. The SMILES string of the molecule is CSc1nc2nc(C)c(CCC(=O)OC(C)C(=O)c3ccc(F)cc3)c(C)n2n1. The number of aromatic nitrogens is 4. The molecule has 7 nitrogen and oxygen atoms in total. The number of benzene rings is 1. The summed E-state index contributed by atoms with van der Waals surface area (Å²) in [6.45, 7) is 5.27. The average Bonchev–Trinajstić information content (AvgIpc) is 3.11. The minimum Gasteiger partial charge on any atom is -0.454 e. The van der Waals surface area contributed by atoms with Gasteiger partial charge in [0.05, 0.1) is 0 Å². The third-order valence-corrected chi connectivity index (χ3v) is 5.14. The van der Waals surface area contributed by atoms with Crippen molar-refractivity contribution < 1.29 is 18.7 Å². The van der Waals surface area contributed by atoms with Gasteiger partial charge in [-0.1, -0.05) is 11.8 Å². The number of halogens is 1. The molecule has 3 rings (SSSR count). The first-order valence-electron chi connectivity index (χ1n) is 9.06. The van der Waals surface area contributed by atoms with Gasteiger partial charge in [0.1, 0.15) is 5.82 Å². The van der Waals surface area contributed by atoms with Crippen LogP contribution >= 0.6 is 11.8 Å². The van der Waals surface area contributed by atoms with Crippen molar-refractivity contribution in [2.45, 2.75) is 44.9 Å². The van der Waals surface area contributed by atoms with Crippen LogP contribution in [0.2, 0.25) is 0 Å². The van der Waals surface area contributed by atoms with E-state index in [1.807, 2.05) is 20.1 Å². The lowest BCUT2D eigenvalue weighted by molar-refractivity contribution is -0.146. The van der Waals surface area contributed by atoms with E-state index < -0.39 is 17.9 Å². The summed E-state index contributed by atoms with van der Waals surface area (Å²) in [6.07, 6.45) is 1.45. The quantitative estimate of drug-likeness (QED) is 0.332. The van der Waals surface area contributed by atoms with Crippen molar-refractivity contribution in [3.8, 4) is 0 Å². The molecule has 9 heteroatoms. The molecule has 2 aromatic heterocycles. The number of carbonyl (C=O) groups is 2. The van der Waals surface area contributed by atoms with Gasteiger partial charge in [-0.3, -0.25) is 9.59 Å². The van der Waals surface area contributed by atoms with E-state index >= 15 is 0 Å². The van der Waals surface area contributed by atoms with Crippen LogP contribution in [-0.2, 0) is 16.0 Å². The first-order chi connectivity index (χ1) is 13.8. The summed E-state index contributed by atoms with van der Waals surface area (Å²) >= 11 is 1.43. The molecule has 0 fully saturated rings. The van der Waals surface area contributed by atoms with Gasteiger partial charge in [0.25, 0.3) is 5.78 Å². The Balaban J connectivity index is 1.65. The van der Waals surface area contributed by atoms with Crippen molar-refractivity contribution in [2.24, 2.45) is 0 Å². The number of ketones is 1. The van der Waals surface area contributed by atoms with Gasteiger partial charge < -0.3 is 4.74 Å². The van der Waals surface area contributed by atoms with Crippen LogP contribution in [-0.4, -0.2) is 43.7 Å². The fourth-order valence-electron chi connectivity index (χ4n) is 3.02. The molecular formula is C20H21FN4O3S. The molecule has 2 heterocycles. The van der Waals surface area contributed by atoms with Crippen molar-refractivity contribution >= 4 is 29.3 Å². The van der Waals surface area contributed by atoms with Crippen LogP contribution < -0.4 is 0 Å². The molecule has 0 saturated heterocycles. The van der Waals surface area contributed by atoms with Gasteiger partial charge in [-0.2, -0.15) is 4.98 Å². The second-order valence-corrected chi connectivity index (χ2v) is 7.35. The molecule has 0 saturated carbocycles. The lowest BCUT2D eigenvalue weighted by Crippen LogP contribution is -2.24. The summed E-state index contributed by atoms with van der Waals surface area (Å²) in [4.78, 5) is 33.4. The van der Waals surface area contributed by atoms with Crippen LogP contribution in [0, 0.1) is 19.7 Å². The number of fused-ring (bicyclic) bond motifs is 1. The van der Waals surface area contributed by atoms with E-state index in [9.17, 15) is 14.0 Å². The molecule has 29 heavy (non-hydrogen) atoms. The Morgan fingerprint density at radius 1 is 1.21 bits per heavy atom. The van der Waals surface area contributed by atoms with Crippen molar-refractivity contribution in [1.29, 1.82) is 0 Å². The summed E-state index contributed by atoms with van der Waals surface area (Å²) in [6, 6.07) is 5.14. The van der Waals surface area contributed by atoms with Crippen LogP contribution in [0.4, 0.5) is 4.39 Å². The number of thioether (sulfide) groups is 1. The van der Waals surface area contributed by atoms with Crippen LogP contribution in [0.5, 0.6) is 0 Å². The lowest BCUT2D eigenvalue weighted by Gasteiger charge is -2.13. The average molecular weight is 416 g/mol. The topological polar surface area (TPSA) is 86.5 Å². The Hall–Kier alpha value is -2.81. The molecule has 1 atom stereocenters. The van der Waals surface area contributed by atoms with Gasteiger partial charge in [0.15, 0.2) is 6.10 Å². The number of Topliss-reactive ketones (excluding diaryl/α,β-unsaturated/α-hetero) is 1. The van der Waals surface area contributed by atoms with Gasteiger partial charge in [0, 0.05) is 23.4 Å². The molecule has 152 valence electrons. The van der Waals surface area contributed by atoms with Gasteiger partial charge in [0.2, 0.25) is 10.9 Å². The van der Waals surface area contributed by atoms with E-state index in [2.05, 4.69) is 15.1 Å². The number of rotatable bonds is 7. The zero-order valence-corrected chi connectivity index (χ0v) is 17.4. The zero-order chi connectivity index (χ0) is 21.1. The fourth-order valence-corrected chi connectivity index (χ4v) is 3.36. The highest BCUT2D eigenvalue weighted by molar-refractivity contribution is 7.98. The smallest absolute Gasteiger partial charge is 0.306 e. The predicted molar refractivity (Wildman–Crippen MR) is 107 cm³/mol. The van der Waals surface area contributed by atoms with Crippen LogP contribution in [0.3, 0.4) is 0 Å². The summed E-state index contributed by atoms with van der Waals surface area (Å²) in [5.74, 6) is -0.773. The van der Waals surface area contributed by atoms with Crippen molar-refractivity contribution in [3.63, 3.8) is 0 Å². The number of hydrogen-bond acceptors (Lipinski definition) is 7. The predicted octanol–water partition coefficient (Wildman–Crippen LogP) is 3.35. The van der Waals surface area contributed by atoms with Gasteiger partial charge in [-0.25, -0.2) is 13.9 Å². The molecule has 0 spiro atoms. The molecule has 0 aliphatic carbocycles. The maximum atomic E-state index is 13.0. The molecule has 1 aromatic carbocycles. The van der Waals surface area contributed by atoms with E-state index in [1.54, 1.807) is 4.52 Å². The second-order valence-electron chi connectivity index (χ2n) is 6.57. The molecule has 0 radical (unpaired) electrons. The number of nitrogens with zero attached hydrogens (tertiary/aromatic N) is 4. The Morgan fingerprint density at radius 3 is 2.55 bits per heavy atom. The molecule has 0 amide bonds. The third kappa shape index (κ3) is 4.61. The van der Waals surface area contributed by atoms with Crippen molar-refractivity contribution in [2.75, 3.05) is 6.26 Å². The fraction of sp³-hybridized carbons (Fsp3) is 0.350. The standard InChI is InChI=1S/C20H21FN4O3S/c1-11-16(12(2)25-19(22-11)23-20(24-25)29-4)9-10-17(26)28-13(3)18(27)14-5-7-15(21)8-6-14/h5-8,13H,9-10H2,1-4H3. The van der Waals surface area contributed by atoms with Gasteiger partial charge in [-0.15, -0.1) is 5.10 Å². The monoisotopic (exact) mass is 416 g/mol. The first-order valence-corrected chi connectivity index (χ1v) is 10.3. The number of aryl methyl sites for hydroxylation is 2. The van der Waals surface area contributed by atoms with E-state index in [-0.39, 0.29) is 12.2 Å². The summed E-state index contributed by atoms with van der Waals surface area (Å²) in [5, 5.41) is 5.02. The number of hydrogen-bond donors (Lipinski definition) is 0. The number of carbonyl (C=O) groups excluding carboxylic acids is 2. The van der Waals surface area contributed by atoms with Crippen LogP contribution in [0.25, 0.3) is 5.78 Å². The largest absolute Gasteiger partial charge is 0.454 e. The van der Waals surface area contributed by atoms with Crippen LogP contribution in [0.1, 0.15) is 40.7 Å². The Labute approximate surface area is 171 Å². The Bertz CT molecular complexity index is 1070. The summed E-state index contributed by atoms with van der Waals surface area (Å²) in [7, 11) is 0. The highest BCUT2D eigenvalue weighted by atomic mass is 32.2. The lowest BCUT2D eigenvalue weighted by atomic mass is 10.1. The minimum absolute atomic E-state index is 0.0972. The zero-order valence-electron chi connectivity index (χ0n) is 16.6. The minimum atomic E-state index is -0.949. The molecule has 0 aliphatic rings. The van der Waals surface area contributed by atoms with E-state index in [4.69, 9.17) is 4.74 Å². The normalized spacial score (nSPS) is 12.2. The Kier molecular flexibility index (Phi) is 6.26. The number of ether oxygens (including phenoxy) is 1. The maximum Gasteiger partial charge on any atom is 0.306 e. The van der Waals surface area contributed by atoms with Gasteiger partial charge >= 0.3 is 5.97 Å². The molecular weight excluding hydrogens is 395 g/mol. The first kappa shape index (κ1) is 20.9. The highest BCUT2D eigenvalue weighted by Gasteiger charge is 2.20. The third-order valence-electron chi connectivity index (χ3n) is 4.60. The Morgan fingerprint density at radius 2 is 1.90 bits per heavy atom. The molecule has 0 aliphatic heterocycles. The van der Waals surface area contributed by atoms with Gasteiger partial charge in [-0.05, 0) is 63.3 Å². The van der Waals surface area contributed by atoms with Crippen LogP contribution in [0.15, 0.2) is 29.4 Å². The van der Waals surface area contributed by atoms with E-state index in [0.717, 1.165) is 17.0 Å². The van der Waals surface area contributed by atoms with Crippen molar-refractivity contribution in [3.05, 3.63) is 52.6 Å². The summed E-state index contributed by atoms with van der Waals surface area (Å²) in [5.41, 5.74) is 2.83. The van der Waals surface area contributed by atoms with E-state index in [0.29, 0.717) is 22.9 Å². The highest BCUT2D eigenvalue weighted by Crippen LogP contribution is 2.18. The molecule has 0 bridgehead atoms. The van der Waals surface area contributed by atoms with E-state index in [1.165, 1.54) is 43.0 Å². The number of esters is 1. The molecule has 0 N–H and O–H groups in total. The molecule has 1 unspecified atom stereocenters. The molecule has 3 aromatic rings.